The van der Waals surface area contributed by atoms with Crippen LogP contribution in [0.15, 0.2) is 186 Å². The third-order valence-electron chi connectivity index (χ3n) is 12.0. The summed E-state index contributed by atoms with van der Waals surface area (Å²) in [5.41, 5.74) is 13.3. The standard InChI is InChI=1S/C50H34N2S/c1-2-15-33(16-3-1)51-42-23-8-6-18-36(42)41-30-34(27-28-43(41)51)52(45-25-12-22-40-37-19-7-9-26-46(37)53-50(40)45)44-24-11-21-39-38-20-10-14-32-29-31-13-4-5-17-35(31)49(47(32)38)48(39)44/h1-13,15-20,22-30,32,39H,14,21H2. The van der Waals surface area contributed by atoms with E-state index >= 15 is 0 Å². The number of aromatic nitrogens is 1. The van der Waals surface area contributed by atoms with Crippen LogP contribution in [0.5, 0.6) is 0 Å². The van der Waals surface area contributed by atoms with E-state index in [1.165, 1.54) is 91.9 Å². The predicted octanol–water partition coefficient (Wildman–Crippen LogP) is 11.7. The highest BCUT2D eigenvalue weighted by Crippen LogP contribution is 2.55. The Morgan fingerprint density at radius 3 is 2.32 bits per heavy atom. The zero-order valence-corrected chi connectivity index (χ0v) is 29.9. The monoisotopic (exact) mass is 694 g/mol. The van der Waals surface area contributed by atoms with Crippen molar-refractivity contribution in [3.05, 3.63) is 197 Å². The van der Waals surface area contributed by atoms with Gasteiger partial charge in [0.15, 0.2) is 0 Å². The van der Waals surface area contributed by atoms with Gasteiger partial charge in [-0.15, -0.1) is 11.3 Å². The van der Waals surface area contributed by atoms with Gasteiger partial charge >= 0.3 is 0 Å². The molecule has 2 nitrogen and oxygen atoms in total. The van der Waals surface area contributed by atoms with Gasteiger partial charge in [0.05, 0.1) is 27.1 Å². The normalized spacial score (nSPS) is 18.6. The number of hydrogen-bond donors (Lipinski definition) is 0. The Morgan fingerprint density at radius 2 is 1.38 bits per heavy atom. The van der Waals surface area contributed by atoms with Crippen LogP contribution in [0.4, 0.5) is 11.4 Å². The van der Waals surface area contributed by atoms with Crippen molar-refractivity contribution in [2.75, 3.05) is 4.90 Å². The third-order valence-corrected chi connectivity index (χ3v) is 13.2. The summed E-state index contributed by atoms with van der Waals surface area (Å²) in [6, 6.07) is 51.7. The molecule has 0 amide bonds. The maximum atomic E-state index is 2.61. The lowest BCUT2D eigenvalue weighted by Crippen LogP contribution is -2.33. The van der Waals surface area contributed by atoms with Crippen LogP contribution in [-0.4, -0.2) is 4.57 Å². The number of anilines is 2. The first-order chi connectivity index (χ1) is 26.3. The molecule has 2 unspecified atom stereocenters. The van der Waals surface area contributed by atoms with Gasteiger partial charge in [0, 0.05) is 49.5 Å². The second-order valence-electron chi connectivity index (χ2n) is 14.7. The summed E-state index contributed by atoms with van der Waals surface area (Å²) >= 11 is 1.91. The predicted molar refractivity (Wildman–Crippen MR) is 224 cm³/mol. The Kier molecular flexibility index (Phi) is 6.20. The molecule has 2 atom stereocenters. The highest BCUT2D eigenvalue weighted by Gasteiger charge is 2.42. The molecule has 0 fully saturated rings. The van der Waals surface area contributed by atoms with Gasteiger partial charge in [0.25, 0.3) is 0 Å². The summed E-state index contributed by atoms with van der Waals surface area (Å²) in [7, 11) is 0. The molecule has 0 spiro atoms. The van der Waals surface area contributed by atoms with Crippen molar-refractivity contribution < 1.29 is 0 Å². The van der Waals surface area contributed by atoms with E-state index in [2.05, 4.69) is 179 Å². The molecule has 6 aromatic carbocycles. The Morgan fingerprint density at radius 1 is 0.604 bits per heavy atom. The van der Waals surface area contributed by atoms with Gasteiger partial charge in [-0.05, 0) is 100 Å². The van der Waals surface area contributed by atoms with Crippen molar-refractivity contribution in [1.82, 2.24) is 4.57 Å². The number of rotatable bonds is 4. The minimum Gasteiger partial charge on any atom is -0.309 e. The van der Waals surface area contributed by atoms with Crippen LogP contribution < -0.4 is 15.3 Å². The summed E-state index contributed by atoms with van der Waals surface area (Å²) < 4.78 is 5.06. The number of nitrogens with zero attached hydrogens (tertiary/aromatic N) is 2. The second-order valence-corrected chi connectivity index (χ2v) is 15.8. The molecule has 53 heavy (non-hydrogen) atoms. The lowest BCUT2D eigenvalue weighted by atomic mass is 9.81. The zero-order valence-electron chi connectivity index (χ0n) is 29.0. The highest BCUT2D eigenvalue weighted by atomic mass is 32.1. The van der Waals surface area contributed by atoms with E-state index in [1.54, 1.807) is 5.57 Å². The average Bonchev–Trinajstić information content (AvgIpc) is 3.88. The summed E-state index contributed by atoms with van der Waals surface area (Å²) in [5.74, 6) is 0.741. The fourth-order valence-electron chi connectivity index (χ4n) is 9.82. The molecule has 2 heterocycles. The van der Waals surface area contributed by atoms with Gasteiger partial charge in [-0.25, -0.2) is 0 Å². The molecule has 2 aromatic heterocycles. The molecule has 4 aliphatic rings. The van der Waals surface area contributed by atoms with Crippen molar-refractivity contribution in [1.29, 1.82) is 0 Å². The van der Waals surface area contributed by atoms with E-state index in [0.29, 0.717) is 11.8 Å². The third kappa shape index (κ3) is 4.14. The Bertz CT molecular complexity index is 3130. The molecule has 4 aliphatic carbocycles. The van der Waals surface area contributed by atoms with Crippen LogP contribution in [0.3, 0.4) is 0 Å². The largest absolute Gasteiger partial charge is 0.309 e. The van der Waals surface area contributed by atoms with Crippen molar-refractivity contribution in [2.45, 2.75) is 12.8 Å². The molecule has 250 valence electrons. The molecule has 12 rings (SSSR count). The minimum absolute atomic E-state index is 0.325. The second kappa shape index (κ2) is 11.2. The van der Waals surface area contributed by atoms with E-state index in [1.807, 2.05) is 11.3 Å². The van der Waals surface area contributed by atoms with Crippen LogP contribution in [-0.2, 0) is 0 Å². The van der Waals surface area contributed by atoms with Gasteiger partial charge in [-0.1, -0.05) is 115 Å². The smallest absolute Gasteiger partial charge is 0.0640 e. The van der Waals surface area contributed by atoms with Crippen LogP contribution >= 0.6 is 11.3 Å². The summed E-state index contributed by atoms with van der Waals surface area (Å²) in [4.78, 5) is 2.61. The number of para-hydroxylation sites is 2. The van der Waals surface area contributed by atoms with Gasteiger partial charge in [0.2, 0.25) is 0 Å². The molecule has 3 heteroatoms. The van der Waals surface area contributed by atoms with E-state index in [0.717, 1.165) is 12.8 Å². The maximum Gasteiger partial charge on any atom is 0.0640 e. The molecular formula is C50H34N2S. The first-order valence-corrected chi connectivity index (χ1v) is 19.6. The zero-order chi connectivity index (χ0) is 34.6. The van der Waals surface area contributed by atoms with E-state index in [4.69, 9.17) is 0 Å². The van der Waals surface area contributed by atoms with E-state index < -0.39 is 0 Å². The fourth-order valence-corrected chi connectivity index (χ4v) is 11.0. The molecule has 0 aliphatic heterocycles. The average molecular weight is 695 g/mol. The Balaban J connectivity index is 1.19. The van der Waals surface area contributed by atoms with E-state index in [9.17, 15) is 0 Å². The van der Waals surface area contributed by atoms with Crippen LogP contribution in [0.2, 0.25) is 0 Å². The topological polar surface area (TPSA) is 8.17 Å². The van der Waals surface area contributed by atoms with Gasteiger partial charge in [-0.2, -0.15) is 0 Å². The molecule has 0 N–H and O–H groups in total. The molecular weight excluding hydrogens is 661 g/mol. The van der Waals surface area contributed by atoms with Crippen molar-refractivity contribution >= 4 is 76.3 Å². The van der Waals surface area contributed by atoms with Crippen LogP contribution in [0.1, 0.15) is 12.8 Å². The lowest BCUT2D eigenvalue weighted by Gasteiger charge is -2.33. The summed E-state index contributed by atoms with van der Waals surface area (Å²) in [6.07, 6.45) is 14.3. The number of allylic oxidation sites excluding steroid dienone is 7. The fraction of sp³-hybridized carbons (Fsp3) is 0.0800. The first-order valence-electron chi connectivity index (χ1n) is 18.7. The Labute approximate surface area is 311 Å². The van der Waals surface area contributed by atoms with Crippen LogP contribution in [0, 0.1) is 11.8 Å². The number of fused-ring (bicyclic) bond motifs is 10. The van der Waals surface area contributed by atoms with Crippen molar-refractivity contribution in [3.63, 3.8) is 0 Å². The van der Waals surface area contributed by atoms with Crippen LogP contribution in [0.25, 0.3) is 59.3 Å². The quantitative estimate of drug-likeness (QED) is 0.178. The lowest BCUT2D eigenvalue weighted by molar-refractivity contribution is 0.738. The Hall–Kier alpha value is -6.16. The van der Waals surface area contributed by atoms with Crippen molar-refractivity contribution in [3.8, 4) is 5.69 Å². The van der Waals surface area contributed by atoms with E-state index in [-0.39, 0.29) is 0 Å². The molecule has 0 bridgehead atoms. The SMILES string of the molecule is C1=CC2=C3C(=c4ccccc4=CC3C1)C1=C(N(c3ccc4c(c3)c3ccccc3n4-c3ccccc3)c3cccc4c3sc3ccccc34)C=CCC21. The van der Waals surface area contributed by atoms with Gasteiger partial charge in [0.1, 0.15) is 0 Å². The highest BCUT2D eigenvalue weighted by molar-refractivity contribution is 7.26. The first kappa shape index (κ1) is 29.4. The summed E-state index contributed by atoms with van der Waals surface area (Å²) in [5, 5.41) is 7.89. The van der Waals surface area contributed by atoms with Crippen molar-refractivity contribution in [2.24, 2.45) is 11.8 Å². The van der Waals surface area contributed by atoms with Gasteiger partial charge < -0.3 is 9.47 Å². The summed E-state index contributed by atoms with van der Waals surface area (Å²) in [6.45, 7) is 0. The minimum atomic E-state index is 0.325. The number of benzene rings is 6. The molecule has 0 radical (unpaired) electrons. The molecule has 0 saturated carbocycles. The van der Waals surface area contributed by atoms with Gasteiger partial charge in [-0.3, -0.25) is 0 Å². The molecule has 8 aromatic rings. The number of thiophene rings is 1. The maximum absolute atomic E-state index is 2.61. The number of hydrogen-bond acceptors (Lipinski definition) is 2. The molecule has 0 saturated heterocycles.